The molecule has 86 valence electrons. The maximum atomic E-state index is 11.9. The lowest BCUT2D eigenvalue weighted by Crippen LogP contribution is -2.26. The van der Waals surface area contributed by atoms with Crippen molar-refractivity contribution in [2.45, 2.75) is 18.9 Å². The number of benzene rings is 1. The summed E-state index contributed by atoms with van der Waals surface area (Å²) >= 11 is 1.30. The summed E-state index contributed by atoms with van der Waals surface area (Å²) < 4.78 is 3.94. The Balaban J connectivity index is 1.78. The summed E-state index contributed by atoms with van der Waals surface area (Å²) in [5.74, 6) is -0.0274. The minimum atomic E-state index is -0.0274. The molecular weight excluding hydrogens is 232 g/mol. The van der Waals surface area contributed by atoms with Crippen LogP contribution in [0.25, 0.3) is 0 Å². The van der Waals surface area contributed by atoms with Gasteiger partial charge in [-0.1, -0.05) is 24.3 Å². The highest BCUT2D eigenvalue weighted by Crippen LogP contribution is 2.30. The van der Waals surface area contributed by atoms with E-state index < -0.39 is 0 Å². The Kier molecular flexibility index (Phi) is 2.65. The normalized spacial score (nSPS) is 17.8. The average molecular weight is 244 g/mol. The number of hydrogen-bond acceptors (Lipinski definition) is 3. The van der Waals surface area contributed by atoms with E-state index in [2.05, 4.69) is 21.8 Å². The molecule has 3 nitrogen and oxygen atoms in total. The zero-order chi connectivity index (χ0) is 11.7. The van der Waals surface area contributed by atoms with E-state index in [0.29, 0.717) is 5.56 Å². The fraction of sp³-hybridized carbons (Fsp3) is 0.231. The van der Waals surface area contributed by atoms with Crippen molar-refractivity contribution in [3.8, 4) is 0 Å². The molecule has 0 bridgehead atoms. The lowest BCUT2D eigenvalue weighted by atomic mass is 10.1. The van der Waals surface area contributed by atoms with Crippen LogP contribution in [0.15, 0.2) is 35.8 Å². The van der Waals surface area contributed by atoms with Gasteiger partial charge in [-0.2, -0.15) is 0 Å². The first-order valence-electron chi connectivity index (χ1n) is 5.62. The van der Waals surface area contributed by atoms with Gasteiger partial charge < -0.3 is 5.32 Å². The standard InChI is InChI=1S/C13H12N2OS/c16-13(10-7-14-17-8-10)15-12-6-5-9-3-1-2-4-11(9)12/h1-4,7-8,12H,5-6H2,(H,15,16). The number of nitrogens with one attached hydrogen (secondary N) is 1. The molecule has 2 aromatic rings. The van der Waals surface area contributed by atoms with Crippen LogP contribution in [0.4, 0.5) is 0 Å². The summed E-state index contributed by atoms with van der Waals surface area (Å²) in [4.78, 5) is 11.9. The highest BCUT2D eigenvalue weighted by molar-refractivity contribution is 7.03. The van der Waals surface area contributed by atoms with Crippen molar-refractivity contribution in [3.05, 3.63) is 52.5 Å². The third-order valence-corrected chi connectivity index (χ3v) is 3.72. The molecule has 0 fully saturated rings. The Morgan fingerprint density at radius 1 is 1.41 bits per heavy atom. The van der Waals surface area contributed by atoms with Crippen LogP contribution < -0.4 is 5.32 Å². The van der Waals surface area contributed by atoms with Crippen molar-refractivity contribution in [1.29, 1.82) is 0 Å². The van der Waals surface area contributed by atoms with E-state index in [1.807, 2.05) is 12.1 Å². The van der Waals surface area contributed by atoms with Crippen LogP contribution in [0, 0.1) is 0 Å². The quantitative estimate of drug-likeness (QED) is 0.882. The fourth-order valence-electron chi connectivity index (χ4n) is 2.27. The number of carbonyl (C=O) groups excluding carboxylic acids is 1. The van der Waals surface area contributed by atoms with Crippen LogP contribution >= 0.6 is 11.5 Å². The molecule has 0 aliphatic heterocycles. The number of aryl methyl sites for hydroxylation is 1. The minimum Gasteiger partial charge on any atom is -0.345 e. The van der Waals surface area contributed by atoms with Gasteiger partial charge in [0.1, 0.15) is 0 Å². The lowest BCUT2D eigenvalue weighted by Gasteiger charge is -2.13. The number of aromatic nitrogens is 1. The number of fused-ring (bicyclic) bond motifs is 1. The summed E-state index contributed by atoms with van der Waals surface area (Å²) in [7, 11) is 0. The second-order valence-electron chi connectivity index (χ2n) is 4.18. The van der Waals surface area contributed by atoms with E-state index >= 15 is 0 Å². The van der Waals surface area contributed by atoms with Gasteiger partial charge in [0.15, 0.2) is 0 Å². The van der Waals surface area contributed by atoms with Crippen molar-refractivity contribution >= 4 is 17.4 Å². The van der Waals surface area contributed by atoms with Crippen LogP contribution in [0.5, 0.6) is 0 Å². The third-order valence-electron chi connectivity index (χ3n) is 3.13. The zero-order valence-corrected chi connectivity index (χ0v) is 10.0. The summed E-state index contributed by atoms with van der Waals surface area (Å²) in [6.07, 6.45) is 3.65. The van der Waals surface area contributed by atoms with Crippen LogP contribution in [0.2, 0.25) is 0 Å². The summed E-state index contributed by atoms with van der Waals surface area (Å²) in [5.41, 5.74) is 3.25. The zero-order valence-electron chi connectivity index (χ0n) is 9.22. The average Bonchev–Trinajstić information content (AvgIpc) is 2.98. The molecule has 4 heteroatoms. The molecule has 0 saturated heterocycles. The van der Waals surface area contributed by atoms with Gasteiger partial charge in [0.05, 0.1) is 17.8 Å². The first-order chi connectivity index (χ1) is 8.34. The number of carbonyl (C=O) groups is 1. The van der Waals surface area contributed by atoms with Crippen molar-refractivity contribution in [2.75, 3.05) is 0 Å². The Labute approximate surface area is 104 Å². The van der Waals surface area contributed by atoms with Gasteiger partial charge in [0, 0.05) is 5.38 Å². The van der Waals surface area contributed by atoms with Crippen LogP contribution in [-0.4, -0.2) is 10.3 Å². The highest BCUT2D eigenvalue weighted by Gasteiger charge is 2.23. The smallest absolute Gasteiger partial charge is 0.254 e. The molecule has 1 atom stereocenters. The molecule has 1 aromatic heterocycles. The SMILES string of the molecule is O=C(NC1CCc2ccccc21)c1cnsc1. The summed E-state index contributed by atoms with van der Waals surface area (Å²) in [5, 5.41) is 4.84. The molecule has 1 aromatic carbocycles. The highest BCUT2D eigenvalue weighted by atomic mass is 32.1. The number of nitrogens with zero attached hydrogens (tertiary/aromatic N) is 1. The van der Waals surface area contributed by atoms with Gasteiger partial charge in [-0.3, -0.25) is 4.79 Å². The van der Waals surface area contributed by atoms with Gasteiger partial charge >= 0.3 is 0 Å². The second kappa shape index (κ2) is 4.30. The lowest BCUT2D eigenvalue weighted by molar-refractivity contribution is 0.0937. The van der Waals surface area contributed by atoms with Gasteiger partial charge in [-0.15, -0.1) is 0 Å². The maximum Gasteiger partial charge on any atom is 0.254 e. The number of hydrogen-bond donors (Lipinski definition) is 1. The Bertz CT molecular complexity index is 536. The van der Waals surface area contributed by atoms with Crippen LogP contribution in [0.1, 0.15) is 33.9 Å². The monoisotopic (exact) mass is 244 g/mol. The second-order valence-corrected chi connectivity index (χ2v) is 4.83. The predicted octanol–water partition coefficient (Wildman–Crippen LogP) is 2.56. The first-order valence-corrected chi connectivity index (χ1v) is 6.46. The molecule has 17 heavy (non-hydrogen) atoms. The van der Waals surface area contributed by atoms with E-state index in [-0.39, 0.29) is 11.9 Å². The molecule has 1 amide bonds. The van der Waals surface area contributed by atoms with Crippen molar-refractivity contribution in [3.63, 3.8) is 0 Å². The van der Waals surface area contributed by atoms with Gasteiger partial charge in [0.2, 0.25) is 0 Å². The summed E-state index contributed by atoms with van der Waals surface area (Å²) in [6.45, 7) is 0. The number of amides is 1. The Hall–Kier alpha value is -1.68. The van der Waals surface area contributed by atoms with Gasteiger partial charge in [0.25, 0.3) is 5.91 Å². The van der Waals surface area contributed by atoms with E-state index in [0.717, 1.165) is 12.8 Å². The van der Waals surface area contributed by atoms with Crippen molar-refractivity contribution in [2.24, 2.45) is 0 Å². The first kappa shape index (κ1) is 10.5. The number of rotatable bonds is 2. The molecule has 1 heterocycles. The van der Waals surface area contributed by atoms with Crippen LogP contribution in [0.3, 0.4) is 0 Å². The summed E-state index contributed by atoms with van der Waals surface area (Å²) in [6, 6.07) is 8.45. The van der Waals surface area contributed by atoms with E-state index in [9.17, 15) is 4.79 Å². The molecular formula is C13H12N2OS. The molecule has 0 saturated carbocycles. The van der Waals surface area contributed by atoms with Gasteiger partial charge in [-0.25, -0.2) is 4.37 Å². The van der Waals surface area contributed by atoms with Gasteiger partial charge in [-0.05, 0) is 35.5 Å². The molecule has 3 rings (SSSR count). The van der Waals surface area contributed by atoms with Crippen molar-refractivity contribution in [1.82, 2.24) is 9.69 Å². The topological polar surface area (TPSA) is 42.0 Å². The third kappa shape index (κ3) is 1.96. The molecule has 1 unspecified atom stereocenters. The minimum absolute atomic E-state index is 0.0274. The molecule has 0 spiro atoms. The predicted molar refractivity (Wildman–Crippen MR) is 67.1 cm³/mol. The molecule has 1 aliphatic carbocycles. The van der Waals surface area contributed by atoms with E-state index in [1.54, 1.807) is 11.6 Å². The van der Waals surface area contributed by atoms with Crippen molar-refractivity contribution < 1.29 is 4.79 Å². The Morgan fingerprint density at radius 3 is 3.12 bits per heavy atom. The fourth-order valence-corrected chi connectivity index (χ4v) is 2.78. The molecule has 1 N–H and O–H groups in total. The largest absolute Gasteiger partial charge is 0.345 e. The van der Waals surface area contributed by atoms with E-state index in [4.69, 9.17) is 0 Å². The van der Waals surface area contributed by atoms with Crippen LogP contribution in [-0.2, 0) is 6.42 Å². The van der Waals surface area contributed by atoms with E-state index in [1.165, 1.54) is 22.7 Å². The molecule has 1 aliphatic rings. The Morgan fingerprint density at radius 2 is 2.29 bits per heavy atom. The maximum absolute atomic E-state index is 11.9. The molecule has 0 radical (unpaired) electrons.